The van der Waals surface area contributed by atoms with E-state index in [0.717, 1.165) is 19.5 Å². The molecule has 2 atom stereocenters. The molecular formula is C35H53N5. The summed E-state index contributed by atoms with van der Waals surface area (Å²) in [4.78, 5) is 14.8. The Morgan fingerprint density at radius 1 is 0.825 bits per heavy atom. The fourth-order valence-electron chi connectivity index (χ4n) is 7.33. The van der Waals surface area contributed by atoms with Crippen molar-refractivity contribution >= 4 is 10.9 Å². The number of benzene rings is 2. The first-order valence-corrected chi connectivity index (χ1v) is 16.0. The Kier molecular flexibility index (Phi) is 10.0. The summed E-state index contributed by atoms with van der Waals surface area (Å²) in [6.07, 6.45) is 4.15. The molecule has 2 aromatic carbocycles. The number of H-pyrrole nitrogens is 1. The number of para-hydroxylation sites is 1. The zero-order valence-electron chi connectivity index (χ0n) is 25.8. The molecule has 2 aliphatic rings. The van der Waals surface area contributed by atoms with Gasteiger partial charge in [0.15, 0.2) is 0 Å². The smallest absolute Gasteiger partial charge is 0.0757 e. The summed E-state index contributed by atoms with van der Waals surface area (Å²) < 4.78 is 0. The molecule has 218 valence electrons. The molecule has 0 radical (unpaired) electrons. The molecule has 0 saturated carbocycles. The van der Waals surface area contributed by atoms with E-state index >= 15 is 0 Å². The van der Waals surface area contributed by atoms with Crippen LogP contribution in [0.4, 0.5) is 0 Å². The van der Waals surface area contributed by atoms with Gasteiger partial charge in [-0.3, -0.25) is 14.7 Å². The minimum absolute atomic E-state index is 0.312. The van der Waals surface area contributed by atoms with Crippen LogP contribution in [0.3, 0.4) is 0 Å². The van der Waals surface area contributed by atoms with Gasteiger partial charge >= 0.3 is 0 Å². The van der Waals surface area contributed by atoms with E-state index in [-0.39, 0.29) is 0 Å². The van der Waals surface area contributed by atoms with Gasteiger partial charge in [0.2, 0.25) is 0 Å². The van der Waals surface area contributed by atoms with E-state index in [1.165, 1.54) is 86.4 Å². The van der Waals surface area contributed by atoms with E-state index in [2.05, 4.69) is 114 Å². The first-order chi connectivity index (χ1) is 19.4. The second kappa shape index (κ2) is 13.7. The summed E-state index contributed by atoms with van der Waals surface area (Å²) >= 11 is 0. The van der Waals surface area contributed by atoms with Gasteiger partial charge in [0.25, 0.3) is 0 Å². The van der Waals surface area contributed by atoms with E-state index in [9.17, 15) is 0 Å². The number of nitrogens with one attached hydrogen (secondary N) is 1. The molecule has 2 aliphatic heterocycles. The summed E-state index contributed by atoms with van der Waals surface area (Å²) in [6, 6.07) is 20.3. The third kappa shape index (κ3) is 6.82. The van der Waals surface area contributed by atoms with Crippen molar-refractivity contribution in [3.63, 3.8) is 0 Å². The summed E-state index contributed by atoms with van der Waals surface area (Å²) in [5.41, 5.74) is 5.61. The lowest BCUT2D eigenvalue weighted by Gasteiger charge is -2.45. The highest BCUT2D eigenvalue weighted by atomic mass is 15.4. The van der Waals surface area contributed by atoms with Gasteiger partial charge in [-0.25, -0.2) is 0 Å². The van der Waals surface area contributed by atoms with Gasteiger partial charge in [0.1, 0.15) is 0 Å². The van der Waals surface area contributed by atoms with Crippen molar-refractivity contribution in [3.05, 3.63) is 71.4 Å². The van der Waals surface area contributed by atoms with Gasteiger partial charge in [0, 0.05) is 69.0 Å². The van der Waals surface area contributed by atoms with Crippen molar-refractivity contribution in [2.45, 2.75) is 66.1 Å². The molecule has 3 heterocycles. The molecule has 1 saturated heterocycles. The van der Waals surface area contributed by atoms with Crippen LogP contribution in [-0.2, 0) is 6.42 Å². The van der Waals surface area contributed by atoms with Crippen LogP contribution in [0, 0.1) is 11.8 Å². The largest absolute Gasteiger partial charge is 0.357 e. The van der Waals surface area contributed by atoms with Crippen molar-refractivity contribution in [2.24, 2.45) is 11.8 Å². The highest BCUT2D eigenvalue weighted by molar-refractivity contribution is 5.85. The Bertz CT molecular complexity index is 1170. The van der Waals surface area contributed by atoms with E-state index in [0.29, 0.717) is 24.0 Å². The minimum atomic E-state index is 0.312. The van der Waals surface area contributed by atoms with Gasteiger partial charge in [-0.1, -0.05) is 83.1 Å². The molecule has 0 aliphatic carbocycles. The monoisotopic (exact) mass is 543 g/mol. The molecule has 2 unspecified atom stereocenters. The highest BCUT2D eigenvalue weighted by Gasteiger charge is 2.32. The number of aromatic amines is 1. The van der Waals surface area contributed by atoms with Crippen LogP contribution in [0.25, 0.3) is 10.9 Å². The Balaban J connectivity index is 1.19. The van der Waals surface area contributed by atoms with E-state index in [1.54, 1.807) is 0 Å². The average Bonchev–Trinajstić information content (AvgIpc) is 3.32. The molecule has 0 spiro atoms. The molecule has 3 aromatic rings. The quantitative estimate of drug-likeness (QED) is 0.283. The summed E-state index contributed by atoms with van der Waals surface area (Å²) in [7, 11) is 0. The predicted molar refractivity (Wildman–Crippen MR) is 170 cm³/mol. The molecule has 5 heteroatoms. The standard InChI is InChI=1S/C35H53N5/c1-6-33(40(25-27(2)3)26-28(4)5)38-23-21-37(22-24-38)18-12-19-39-20-17-31-30-15-10-11-16-32(30)36-34(31)35(39)29-13-8-7-9-14-29/h7-11,13-16,27-28,33,35-36H,6,12,17-26H2,1-5H3. The Morgan fingerprint density at radius 2 is 1.50 bits per heavy atom. The Morgan fingerprint density at radius 3 is 2.17 bits per heavy atom. The fraction of sp³-hybridized carbons (Fsp3) is 0.600. The number of aromatic nitrogens is 1. The van der Waals surface area contributed by atoms with Crippen LogP contribution in [0.1, 0.15) is 70.3 Å². The zero-order valence-corrected chi connectivity index (χ0v) is 25.8. The van der Waals surface area contributed by atoms with Crippen molar-refractivity contribution < 1.29 is 0 Å². The SMILES string of the molecule is CCC(N1CCN(CCCN2CCc3c([nH]c4ccccc34)C2c2ccccc2)CC1)N(CC(C)C)CC(C)C. The van der Waals surface area contributed by atoms with E-state index < -0.39 is 0 Å². The lowest BCUT2D eigenvalue weighted by Crippen LogP contribution is -2.57. The molecule has 0 bridgehead atoms. The van der Waals surface area contributed by atoms with Crippen molar-refractivity contribution in [1.29, 1.82) is 0 Å². The zero-order chi connectivity index (χ0) is 28.1. The summed E-state index contributed by atoms with van der Waals surface area (Å²) in [6.45, 7) is 22.5. The third-order valence-corrected chi connectivity index (χ3v) is 8.98. The van der Waals surface area contributed by atoms with Gasteiger partial charge in [-0.2, -0.15) is 0 Å². The maximum atomic E-state index is 3.83. The molecule has 0 amide bonds. The van der Waals surface area contributed by atoms with Gasteiger partial charge < -0.3 is 9.88 Å². The van der Waals surface area contributed by atoms with E-state index in [1.807, 2.05) is 0 Å². The van der Waals surface area contributed by atoms with Crippen molar-refractivity contribution in [1.82, 2.24) is 24.6 Å². The lowest BCUT2D eigenvalue weighted by molar-refractivity contribution is -0.00627. The van der Waals surface area contributed by atoms with Crippen LogP contribution in [0.5, 0.6) is 0 Å². The van der Waals surface area contributed by atoms with Crippen molar-refractivity contribution in [2.75, 3.05) is 58.9 Å². The predicted octanol–water partition coefficient (Wildman–Crippen LogP) is 6.47. The second-order valence-electron chi connectivity index (χ2n) is 13.0. The molecule has 5 nitrogen and oxygen atoms in total. The lowest BCUT2D eigenvalue weighted by atomic mass is 9.92. The van der Waals surface area contributed by atoms with Crippen LogP contribution < -0.4 is 0 Å². The normalized spacial score (nSPS) is 20.1. The van der Waals surface area contributed by atoms with Crippen LogP contribution >= 0.6 is 0 Å². The molecule has 1 aromatic heterocycles. The Hall–Kier alpha value is -2.18. The topological polar surface area (TPSA) is 28.8 Å². The number of nitrogens with zero attached hydrogens (tertiary/aromatic N) is 4. The molecule has 1 fully saturated rings. The Labute approximate surface area is 243 Å². The summed E-state index contributed by atoms with van der Waals surface area (Å²) in [5, 5.41) is 1.40. The minimum Gasteiger partial charge on any atom is -0.357 e. The van der Waals surface area contributed by atoms with Crippen molar-refractivity contribution in [3.8, 4) is 0 Å². The second-order valence-corrected chi connectivity index (χ2v) is 13.0. The first kappa shape index (κ1) is 29.3. The third-order valence-electron chi connectivity index (χ3n) is 8.98. The maximum absolute atomic E-state index is 3.83. The van der Waals surface area contributed by atoms with Crippen LogP contribution in [0.15, 0.2) is 54.6 Å². The molecule has 40 heavy (non-hydrogen) atoms. The van der Waals surface area contributed by atoms with Gasteiger partial charge in [0.05, 0.1) is 12.2 Å². The molecule has 5 rings (SSSR count). The number of fused-ring (bicyclic) bond motifs is 3. The fourth-order valence-corrected chi connectivity index (χ4v) is 7.33. The van der Waals surface area contributed by atoms with E-state index in [4.69, 9.17) is 0 Å². The number of hydrogen-bond donors (Lipinski definition) is 1. The first-order valence-electron chi connectivity index (χ1n) is 16.0. The van der Waals surface area contributed by atoms with Gasteiger partial charge in [-0.15, -0.1) is 0 Å². The average molecular weight is 544 g/mol. The van der Waals surface area contributed by atoms with Gasteiger partial charge in [-0.05, 0) is 54.8 Å². The number of rotatable bonds is 12. The number of piperazine rings is 1. The summed E-state index contributed by atoms with van der Waals surface area (Å²) in [5.74, 6) is 1.42. The van der Waals surface area contributed by atoms with Crippen LogP contribution in [0.2, 0.25) is 0 Å². The molecular weight excluding hydrogens is 490 g/mol. The highest BCUT2D eigenvalue weighted by Crippen LogP contribution is 2.38. The number of hydrogen-bond acceptors (Lipinski definition) is 4. The molecule has 1 N–H and O–H groups in total. The maximum Gasteiger partial charge on any atom is 0.0757 e. The van der Waals surface area contributed by atoms with Crippen LogP contribution in [-0.4, -0.2) is 89.7 Å².